The first kappa shape index (κ1) is 14.1. The van der Waals surface area contributed by atoms with Crippen LogP contribution in [0.25, 0.3) is 10.2 Å². The van der Waals surface area contributed by atoms with Crippen molar-refractivity contribution in [2.45, 2.75) is 19.9 Å². The largest absolute Gasteiger partial charge is 0.486 e. The van der Waals surface area contributed by atoms with Gasteiger partial charge in [-0.3, -0.25) is 4.79 Å². The van der Waals surface area contributed by atoms with Gasteiger partial charge in [0.05, 0.1) is 16.3 Å². The maximum absolute atomic E-state index is 12.0. The van der Waals surface area contributed by atoms with Gasteiger partial charge in [-0.1, -0.05) is 25.2 Å². The predicted molar refractivity (Wildman–Crippen MR) is 82.1 cm³/mol. The number of carbonyl (C=O) groups excluding carboxylic acids is 1. The number of benzene rings is 1. The predicted octanol–water partition coefficient (Wildman–Crippen LogP) is 1.99. The van der Waals surface area contributed by atoms with Crippen molar-refractivity contribution in [3.05, 3.63) is 12.1 Å². The van der Waals surface area contributed by atoms with Crippen LogP contribution < -0.4 is 20.5 Å². The first-order valence-electron chi connectivity index (χ1n) is 6.81. The van der Waals surface area contributed by atoms with Crippen LogP contribution in [0.5, 0.6) is 11.5 Å². The summed E-state index contributed by atoms with van der Waals surface area (Å²) in [6.07, 6.45) is 0. The van der Waals surface area contributed by atoms with Crippen molar-refractivity contribution in [3.63, 3.8) is 0 Å². The van der Waals surface area contributed by atoms with Crippen molar-refractivity contribution >= 4 is 32.6 Å². The Labute approximate surface area is 126 Å². The van der Waals surface area contributed by atoms with Crippen molar-refractivity contribution in [2.75, 3.05) is 18.5 Å². The second-order valence-corrected chi connectivity index (χ2v) is 6.27. The van der Waals surface area contributed by atoms with Crippen LogP contribution in [0, 0.1) is 5.92 Å². The molecular formula is C14H17N3O3S. The summed E-state index contributed by atoms with van der Waals surface area (Å²) in [7, 11) is 0. The SMILES string of the molecule is CC(C)[C@H](N)C(=O)Nc1nc2cc3c(cc2s1)OCCO3. The molecule has 21 heavy (non-hydrogen) atoms. The van der Waals surface area contributed by atoms with E-state index in [1.54, 1.807) is 0 Å². The molecule has 3 rings (SSSR count). The molecule has 0 fully saturated rings. The zero-order valence-electron chi connectivity index (χ0n) is 11.9. The van der Waals surface area contributed by atoms with Crippen molar-refractivity contribution in [3.8, 4) is 11.5 Å². The van der Waals surface area contributed by atoms with Gasteiger partial charge in [-0.2, -0.15) is 0 Å². The van der Waals surface area contributed by atoms with Gasteiger partial charge in [-0.15, -0.1) is 0 Å². The van der Waals surface area contributed by atoms with Crippen LogP contribution in [-0.4, -0.2) is 30.1 Å². The molecule has 2 aromatic rings. The molecular weight excluding hydrogens is 290 g/mol. The van der Waals surface area contributed by atoms with E-state index in [9.17, 15) is 4.79 Å². The van der Waals surface area contributed by atoms with Crippen LogP contribution in [0.1, 0.15) is 13.8 Å². The lowest BCUT2D eigenvalue weighted by molar-refractivity contribution is -0.118. The molecule has 0 spiro atoms. The Morgan fingerprint density at radius 2 is 2.00 bits per heavy atom. The fourth-order valence-electron chi connectivity index (χ4n) is 2.01. The molecule has 6 nitrogen and oxygen atoms in total. The van der Waals surface area contributed by atoms with Gasteiger partial charge in [0.1, 0.15) is 13.2 Å². The first-order chi connectivity index (χ1) is 10.0. The molecule has 1 aliphatic rings. The van der Waals surface area contributed by atoms with Gasteiger partial charge in [0.2, 0.25) is 5.91 Å². The van der Waals surface area contributed by atoms with Gasteiger partial charge < -0.3 is 20.5 Å². The molecule has 0 saturated carbocycles. The quantitative estimate of drug-likeness (QED) is 0.905. The minimum atomic E-state index is -0.545. The second kappa shape index (κ2) is 5.50. The summed E-state index contributed by atoms with van der Waals surface area (Å²) in [5.41, 5.74) is 6.60. The van der Waals surface area contributed by atoms with Gasteiger partial charge in [0.15, 0.2) is 16.6 Å². The molecule has 1 aliphatic heterocycles. The smallest absolute Gasteiger partial charge is 0.243 e. The second-order valence-electron chi connectivity index (χ2n) is 5.24. The molecule has 0 aliphatic carbocycles. The lowest BCUT2D eigenvalue weighted by Gasteiger charge is -2.17. The third-order valence-corrected chi connectivity index (χ3v) is 4.24. The van der Waals surface area contributed by atoms with Crippen molar-refractivity contribution in [1.29, 1.82) is 0 Å². The molecule has 0 unspecified atom stereocenters. The third-order valence-electron chi connectivity index (χ3n) is 3.30. The monoisotopic (exact) mass is 307 g/mol. The number of aromatic nitrogens is 1. The molecule has 2 heterocycles. The zero-order valence-corrected chi connectivity index (χ0v) is 12.7. The van der Waals surface area contributed by atoms with Crippen LogP contribution in [0.4, 0.5) is 5.13 Å². The number of hydrogen-bond acceptors (Lipinski definition) is 6. The van der Waals surface area contributed by atoms with Crippen LogP contribution in [-0.2, 0) is 4.79 Å². The van der Waals surface area contributed by atoms with Gasteiger partial charge in [-0.25, -0.2) is 4.98 Å². The number of nitrogens with zero attached hydrogens (tertiary/aromatic N) is 1. The van der Waals surface area contributed by atoms with Gasteiger partial charge >= 0.3 is 0 Å². The normalized spacial score (nSPS) is 15.2. The van der Waals surface area contributed by atoms with Crippen LogP contribution in [0.3, 0.4) is 0 Å². The first-order valence-corrected chi connectivity index (χ1v) is 7.63. The van der Waals surface area contributed by atoms with E-state index in [0.717, 1.165) is 10.2 Å². The van der Waals surface area contributed by atoms with Gasteiger partial charge in [0, 0.05) is 12.1 Å². The van der Waals surface area contributed by atoms with Crippen LogP contribution in [0.15, 0.2) is 12.1 Å². The summed E-state index contributed by atoms with van der Waals surface area (Å²) < 4.78 is 12.0. The van der Waals surface area contributed by atoms with E-state index in [2.05, 4.69) is 10.3 Å². The zero-order chi connectivity index (χ0) is 15.0. The van der Waals surface area contributed by atoms with E-state index in [0.29, 0.717) is 29.8 Å². The number of nitrogens with one attached hydrogen (secondary N) is 1. The van der Waals surface area contributed by atoms with Gasteiger partial charge in [-0.05, 0) is 5.92 Å². The molecule has 1 atom stereocenters. The van der Waals surface area contributed by atoms with E-state index >= 15 is 0 Å². The molecule has 0 bridgehead atoms. The average molecular weight is 307 g/mol. The summed E-state index contributed by atoms with van der Waals surface area (Å²) in [6.45, 7) is 4.90. The number of fused-ring (bicyclic) bond motifs is 2. The Balaban J connectivity index is 1.86. The molecule has 3 N–H and O–H groups in total. The Morgan fingerprint density at radius 3 is 2.67 bits per heavy atom. The Morgan fingerprint density at radius 1 is 1.33 bits per heavy atom. The molecule has 0 radical (unpaired) electrons. The Kier molecular flexibility index (Phi) is 3.69. The van der Waals surface area contributed by atoms with Crippen LogP contribution in [0.2, 0.25) is 0 Å². The number of nitrogens with two attached hydrogens (primary N) is 1. The summed E-state index contributed by atoms with van der Waals surface area (Å²) in [6, 6.07) is 3.18. The summed E-state index contributed by atoms with van der Waals surface area (Å²) in [5, 5.41) is 3.30. The summed E-state index contributed by atoms with van der Waals surface area (Å²) >= 11 is 1.39. The van der Waals surface area contributed by atoms with E-state index in [1.807, 2.05) is 26.0 Å². The molecule has 1 aromatic carbocycles. The van der Waals surface area contributed by atoms with Crippen LogP contribution >= 0.6 is 11.3 Å². The number of rotatable bonds is 3. The van der Waals surface area contributed by atoms with E-state index in [-0.39, 0.29) is 11.8 Å². The number of carbonyl (C=O) groups is 1. The minimum absolute atomic E-state index is 0.0773. The minimum Gasteiger partial charge on any atom is -0.486 e. The summed E-state index contributed by atoms with van der Waals surface area (Å²) in [4.78, 5) is 16.4. The van der Waals surface area contributed by atoms with Crippen molar-refractivity contribution in [2.24, 2.45) is 11.7 Å². The van der Waals surface area contributed by atoms with E-state index < -0.39 is 6.04 Å². The van der Waals surface area contributed by atoms with Crippen molar-refractivity contribution in [1.82, 2.24) is 4.98 Å². The Hall–Kier alpha value is -1.86. The fourth-order valence-corrected chi connectivity index (χ4v) is 2.89. The molecule has 112 valence electrons. The average Bonchev–Trinajstić information content (AvgIpc) is 2.84. The highest BCUT2D eigenvalue weighted by atomic mass is 32.1. The maximum atomic E-state index is 12.0. The number of ether oxygens (including phenoxy) is 2. The number of hydrogen-bond donors (Lipinski definition) is 2. The number of anilines is 1. The highest BCUT2D eigenvalue weighted by molar-refractivity contribution is 7.22. The lowest BCUT2D eigenvalue weighted by Crippen LogP contribution is -2.39. The highest BCUT2D eigenvalue weighted by Crippen LogP contribution is 2.37. The summed E-state index contributed by atoms with van der Waals surface area (Å²) in [5.74, 6) is 1.26. The molecule has 1 aromatic heterocycles. The molecule has 7 heteroatoms. The van der Waals surface area contributed by atoms with E-state index in [4.69, 9.17) is 15.2 Å². The third kappa shape index (κ3) is 2.79. The fraction of sp³-hybridized carbons (Fsp3) is 0.429. The highest BCUT2D eigenvalue weighted by Gasteiger charge is 2.20. The van der Waals surface area contributed by atoms with E-state index in [1.165, 1.54) is 11.3 Å². The lowest BCUT2D eigenvalue weighted by atomic mass is 10.1. The van der Waals surface area contributed by atoms with Crippen molar-refractivity contribution < 1.29 is 14.3 Å². The topological polar surface area (TPSA) is 86.5 Å². The Bertz CT molecular complexity index is 640. The number of amides is 1. The standard InChI is InChI=1S/C14H17N3O3S/c1-7(2)12(15)13(18)17-14-16-8-5-9-10(6-11(8)21-14)20-4-3-19-9/h5-7,12H,3-4,15H2,1-2H3,(H,16,17,18)/t12-/m0/s1. The molecule has 0 saturated heterocycles. The molecule has 1 amide bonds. The maximum Gasteiger partial charge on any atom is 0.243 e. The van der Waals surface area contributed by atoms with Gasteiger partial charge in [0.25, 0.3) is 0 Å². The number of thiazole rings is 1.